The van der Waals surface area contributed by atoms with Crippen LogP contribution in [0.3, 0.4) is 0 Å². The van der Waals surface area contributed by atoms with Crippen molar-refractivity contribution in [2.75, 3.05) is 7.11 Å². The van der Waals surface area contributed by atoms with Gasteiger partial charge in [0.1, 0.15) is 22.9 Å². The number of alkyl halides is 2. The molecule has 3 rings (SSSR count). The SMILES string of the molecule is CCC(=O)C(C)(C)c1ccn2c(-c3cc(OC)c(C=O)c(OC(F)F)c3)cnc2c1. The maximum Gasteiger partial charge on any atom is 0.387 e. The normalized spacial score (nSPS) is 11.7. The molecule has 0 unspecified atom stereocenters. The van der Waals surface area contributed by atoms with Crippen molar-refractivity contribution in [3.63, 3.8) is 0 Å². The van der Waals surface area contributed by atoms with E-state index in [1.54, 1.807) is 22.9 Å². The summed E-state index contributed by atoms with van der Waals surface area (Å²) >= 11 is 0. The molecule has 0 aliphatic heterocycles. The van der Waals surface area contributed by atoms with Crippen LogP contribution < -0.4 is 9.47 Å². The molecule has 0 radical (unpaired) electrons. The summed E-state index contributed by atoms with van der Waals surface area (Å²) in [5.74, 6) is -0.0587. The molecule has 0 saturated heterocycles. The van der Waals surface area contributed by atoms with Gasteiger partial charge in [-0.15, -0.1) is 0 Å². The number of aromatic nitrogens is 2. The molecular weight excluding hydrogens is 394 g/mol. The minimum absolute atomic E-state index is 0.0996. The van der Waals surface area contributed by atoms with Gasteiger partial charge < -0.3 is 9.47 Å². The number of Topliss-reactive ketones (excluding diaryl/α,β-unsaturated/α-hetero) is 1. The molecule has 0 spiro atoms. The molecule has 3 aromatic rings. The summed E-state index contributed by atoms with van der Waals surface area (Å²) < 4.78 is 37.1. The van der Waals surface area contributed by atoms with Crippen LogP contribution in [-0.2, 0) is 10.2 Å². The zero-order valence-electron chi connectivity index (χ0n) is 17.1. The topological polar surface area (TPSA) is 69.9 Å². The number of pyridine rings is 1. The summed E-state index contributed by atoms with van der Waals surface area (Å²) in [6.07, 6.45) is 4.18. The molecule has 0 aliphatic carbocycles. The molecular formula is C22H22F2N2O4. The molecule has 0 atom stereocenters. The number of carbonyl (C=O) groups is 2. The van der Waals surface area contributed by atoms with Crippen molar-refractivity contribution in [2.45, 2.75) is 39.2 Å². The van der Waals surface area contributed by atoms with Crippen LogP contribution in [0, 0.1) is 0 Å². The highest BCUT2D eigenvalue weighted by molar-refractivity contribution is 5.89. The van der Waals surface area contributed by atoms with Gasteiger partial charge in [-0.2, -0.15) is 8.78 Å². The Hall–Kier alpha value is -3.29. The van der Waals surface area contributed by atoms with E-state index in [9.17, 15) is 18.4 Å². The summed E-state index contributed by atoms with van der Waals surface area (Å²) in [5, 5.41) is 0. The number of carbonyl (C=O) groups excluding carboxylic acids is 2. The lowest BCUT2D eigenvalue weighted by molar-refractivity contribution is -0.123. The number of hydrogen-bond donors (Lipinski definition) is 0. The fraction of sp³-hybridized carbons (Fsp3) is 0.318. The third-order valence-electron chi connectivity index (χ3n) is 5.21. The molecule has 0 saturated carbocycles. The molecule has 2 aromatic heterocycles. The molecule has 0 N–H and O–H groups in total. The van der Waals surface area contributed by atoms with Gasteiger partial charge in [0.15, 0.2) is 6.29 Å². The smallest absolute Gasteiger partial charge is 0.387 e. The maximum atomic E-state index is 12.8. The van der Waals surface area contributed by atoms with Gasteiger partial charge in [0.05, 0.1) is 24.6 Å². The van der Waals surface area contributed by atoms with Crippen LogP contribution in [0.1, 0.15) is 43.1 Å². The van der Waals surface area contributed by atoms with Gasteiger partial charge in [-0.3, -0.25) is 14.0 Å². The lowest BCUT2D eigenvalue weighted by Gasteiger charge is -2.23. The number of hydrogen-bond acceptors (Lipinski definition) is 5. The van der Waals surface area contributed by atoms with E-state index in [2.05, 4.69) is 9.72 Å². The van der Waals surface area contributed by atoms with Gasteiger partial charge in [0.25, 0.3) is 0 Å². The zero-order chi connectivity index (χ0) is 22.1. The maximum absolute atomic E-state index is 12.8. The predicted octanol–water partition coefficient (Wildman–Crippen LogP) is 4.68. The Bertz CT molecular complexity index is 1110. The lowest BCUT2D eigenvalue weighted by atomic mass is 9.80. The highest BCUT2D eigenvalue weighted by atomic mass is 19.3. The van der Waals surface area contributed by atoms with E-state index in [0.717, 1.165) is 5.56 Å². The van der Waals surface area contributed by atoms with E-state index in [4.69, 9.17) is 4.74 Å². The first-order chi connectivity index (χ1) is 14.2. The second kappa shape index (κ2) is 8.22. The standard InChI is InChI=1S/C22H22F2N2O4/c1-5-19(28)22(2,3)14-6-7-26-16(11-25-20(26)10-14)13-8-17(29-4)15(12-27)18(9-13)30-21(23)24/h6-12,21H,5H2,1-4H3. The highest BCUT2D eigenvalue weighted by Crippen LogP contribution is 2.36. The Morgan fingerprint density at radius 3 is 2.57 bits per heavy atom. The van der Waals surface area contributed by atoms with Crippen LogP contribution in [0.15, 0.2) is 36.7 Å². The molecule has 158 valence electrons. The first-order valence-corrected chi connectivity index (χ1v) is 9.36. The average molecular weight is 416 g/mol. The molecule has 0 amide bonds. The monoisotopic (exact) mass is 416 g/mol. The first-order valence-electron chi connectivity index (χ1n) is 9.36. The summed E-state index contributed by atoms with van der Waals surface area (Å²) in [6.45, 7) is 2.47. The number of ether oxygens (including phenoxy) is 2. The van der Waals surface area contributed by atoms with Gasteiger partial charge in [0.2, 0.25) is 0 Å². The largest absolute Gasteiger partial charge is 0.496 e. The van der Waals surface area contributed by atoms with Gasteiger partial charge >= 0.3 is 6.61 Å². The van der Waals surface area contributed by atoms with E-state index < -0.39 is 12.0 Å². The van der Waals surface area contributed by atoms with Crippen LogP contribution in [0.5, 0.6) is 11.5 Å². The third kappa shape index (κ3) is 3.77. The third-order valence-corrected chi connectivity index (χ3v) is 5.21. The van der Waals surface area contributed by atoms with Crippen molar-refractivity contribution in [1.29, 1.82) is 0 Å². The number of imidazole rings is 1. The van der Waals surface area contributed by atoms with E-state index in [-0.39, 0.29) is 22.8 Å². The van der Waals surface area contributed by atoms with E-state index >= 15 is 0 Å². The van der Waals surface area contributed by atoms with Gasteiger partial charge in [-0.25, -0.2) is 4.98 Å². The Kier molecular flexibility index (Phi) is 5.87. The number of ketones is 1. The van der Waals surface area contributed by atoms with Crippen LogP contribution in [0.25, 0.3) is 16.9 Å². The van der Waals surface area contributed by atoms with Crippen molar-refractivity contribution in [3.05, 3.63) is 47.8 Å². The predicted molar refractivity (Wildman–Crippen MR) is 108 cm³/mol. The summed E-state index contributed by atoms with van der Waals surface area (Å²) in [4.78, 5) is 28.1. The summed E-state index contributed by atoms with van der Waals surface area (Å²) in [7, 11) is 1.34. The number of methoxy groups -OCH3 is 1. The fourth-order valence-corrected chi connectivity index (χ4v) is 3.41. The van der Waals surface area contributed by atoms with Crippen molar-refractivity contribution >= 4 is 17.7 Å². The number of aldehydes is 1. The number of fused-ring (bicyclic) bond motifs is 1. The molecule has 2 heterocycles. The Labute approximate surface area is 172 Å². The number of nitrogens with zero attached hydrogens (tertiary/aromatic N) is 2. The number of benzene rings is 1. The number of rotatable bonds is 8. The summed E-state index contributed by atoms with van der Waals surface area (Å²) in [5.41, 5.74) is 1.74. The van der Waals surface area contributed by atoms with Crippen LogP contribution >= 0.6 is 0 Å². The van der Waals surface area contributed by atoms with E-state index in [0.29, 0.717) is 29.6 Å². The van der Waals surface area contributed by atoms with Gasteiger partial charge in [0, 0.05) is 23.6 Å². The minimum Gasteiger partial charge on any atom is -0.496 e. The molecule has 0 bridgehead atoms. The first kappa shape index (κ1) is 21.4. The van der Waals surface area contributed by atoms with Crippen molar-refractivity contribution in [1.82, 2.24) is 9.38 Å². The second-order valence-corrected chi connectivity index (χ2v) is 7.28. The average Bonchev–Trinajstić information content (AvgIpc) is 3.15. The molecule has 0 fully saturated rings. The fourth-order valence-electron chi connectivity index (χ4n) is 3.41. The van der Waals surface area contributed by atoms with Crippen LogP contribution in [0.2, 0.25) is 0 Å². The second-order valence-electron chi connectivity index (χ2n) is 7.28. The van der Waals surface area contributed by atoms with Gasteiger partial charge in [-0.1, -0.05) is 6.92 Å². The molecule has 1 aromatic carbocycles. The molecule has 0 aliphatic rings. The van der Waals surface area contributed by atoms with Crippen LogP contribution in [-0.4, -0.2) is 35.2 Å². The zero-order valence-corrected chi connectivity index (χ0v) is 17.1. The Morgan fingerprint density at radius 1 is 1.27 bits per heavy atom. The lowest BCUT2D eigenvalue weighted by Crippen LogP contribution is -2.28. The quantitative estimate of drug-likeness (QED) is 0.499. The molecule has 8 heteroatoms. The minimum atomic E-state index is -3.09. The Balaban J connectivity index is 2.13. The molecule has 6 nitrogen and oxygen atoms in total. The van der Waals surface area contributed by atoms with Crippen LogP contribution in [0.4, 0.5) is 8.78 Å². The number of halogens is 2. The van der Waals surface area contributed by atoms with Gasteiger partial charge in [-0.05, 0) is 43.7 Å². The Morgan fingerprint density at radius 2 is 1.97 bits per heavy atom. The molecule has 30 heavy (non-hydrogen) atoms. The highest BCUT2D eigenvalue weighted by Gasteiger charge is 2.28. The van der Waals surface area contributed by atoms with Crippen molar-refractivity contribution in [3.8, 4) is 22.8 Å². The van der Waals surface area contributed by atoms with Crippen molar-refractivity contribution in [2.24, 2.45) is 0 Å². The van der Waals surface area contributed by atoms with E-state index in [1.807, 2.05) is 32.9 Å². The van der Waals surface area contributed by atoms with E-state index in [1.165, 1.54) is 13.2 Å². The van der Waals surface area contributed by atoms with Crippen molar-refractivity contribution < 1.29 is 27.8 Å². The summed E-state index contributed by atoms with van der Waals surface area (Å²) in [6, 6.07) is 6.56.